The number of carbonyl (C=O) groups excluding carboxylic acids is 1. The monoisotopic (exact) mass is 283 g/mol. The number of nitrogens with zero attached hydrogens (tertiary/aromatic N) is 1. The van der Waals surface area contributed by atoms with Gasteiger partial charge in [0.1, 0.15) is 0 Å². The van der Waals surface area contributed by atoms with E-state index in [9.17, 15) is 4.79 Å². The van der Waals surface area contributed by atoms with E-state index in [1.54, 1.807) is 0 Å². The van der Waals surface area contributed by atoms with Gasteiger partial charge < -0.3 is 10.6 Å². The molecule has 1 aliphatic rings. The number of rotatable bonds is 8. The molecule has 1 heterocycles. The summed E-state index contributed by atoms with van der Waals surface area (Å²) < 4.78 is 0. The first kappa shape index (κ1) is 17.4. The fourth-order valence-electron chi connectivity index (χ4n) is 2.98. The summed E-state index contributed by atoms with van der Waals surface area (Å²) in [5.74, 6) is 0.827. The van der Waals surface area contributed by atoms with Crippen LogP contribution >= 0.6 is 0 Å². The summed E-state index contributed by atoms with van der Waals surface area (Å²) in [5.41, 5.74) is 0. The molecule has 0 aromatic heterocycles. The van der Waals surface area contributed by atoms with Gasteiger partial charge in [0.25, 0.3) is 0 Å². The third kappa shape index (κ3) is 6.23. The molecular formula is C16H33N3O. The molecule has 2 N–H and O–H groups in total. The van der Waals surface area contributed by atoms with Gasteiger partial charge in [-0.3, -0.25) is 9.69 Å². The van der Waals surface area contributed by atoms with Crippen molar-refractivity contribution in [3.63, 3.8) is 0 Å². The second kappa shape index (κ2) is 9.35. The molecule has 1 fully saturated rings. The fourth-order valence-corrected chi connectivity index (χ4v) is 2.98. The van der Waals surface area contributed by atoms with Crippen molar-refractivity contribution >= 4 is 5.91 Å². The molecule has 0 aromatic rings. The van der Waals surface area contributed by atoms with Gasteiger partial charge in [0.15, 0.2) is 0 Å². The second-order valence-corrected chi connectivity index (χ2v) is 6.41. The number of piperidine rings is 1. The van der Waals surface area contributed by atoms with Crippen LogP contribution in [0.5, 0.6) is 0 Å². The van der Waals surface area contributed by atoms with Crippen LogP contribution in [0.15, 0.2) is 0 Å². The first-order chi connectivity index (χ1) is 9.54. The maximum Gasteiger partial charge on any atom is 0.234 e. The van der Waals surface area contributed by atoms with E-state index in [0.29, 0.717) is 24.5 Å². The van der Waals surface area contributed by atoms with Crippen LogP contribution in [0.25, 0.3) is 0 Å². The van der Waals surface area contributed by atoms with E-state index in [1.165, 1.54) is 19.3 Å². The predicted molar refractivity (Wildman–Crippen MR) is 84.8 cm³/mol. The Morgan fingerprint density at radius 2 is 2.05 bits per heavy atom. The zero-order valence-corrected chi connectivity index (χ0v) is 13.7. The summed E-state index contributed by atoms with van der Waals surface area (Å²) >= 11 is 0. The molecule has 4 nitrogen and oxygen atoms in total. The SMILES string of the molecule is CCNC(C)C1CCCCN1CC(=O)NCCC(C)C. The van der Waals surface area contributed by atoms with Gasteiger partial charge in [-0.05, 0) is 45.2 Å². The lowest BCUT2D eigenvalue weighted by atomic mass is 9.96. The van der Waals surface area contributed by atoms with Crippen LogP contribution in [0.1, 0.15) is 53.4 Å². The Labute approximate surface area is 124 Å². The summed E-state index contributed by atoms with van der Waals surface area (Å²) in [6.45, 7) is 12.2. The van der Waals surface area contributed by atoms with Gasteiger partial charge in [0, 0.05) is 18.6 Å². The second-order valence-electron chi connectivity index (χ2n) is 6.41. The van der Waals surface area contributed by atoms with Crippen molar-refractivity contribution in [2.45, 2.75) is 65.5 Å². The Kier molecular flexibility index (Phi) is 8.15. The number of nitrogens with one attached hydrogen (secondary N) is 2. The van der Waals surface area contributed by atoms with E-state index >= 15 is 0 Å². The number of carbonyl (C=O) groups is 1. The molecule has 0 spiro atoms. The molecule has 20 heavy (non-hydrogen) atoms. The molecule has 1 saturated heterocycles. The first-order valence-corrected chi connectivity index (χ1v) is 8.28. The average molecular weight is 283 g/mol. The summed E-state index contributed by atoms with van der Waals surface area (Å²) in [6, 6.07) is 0.961. The van der Waals surface area contributed by atoms with Crippen LogP contribution in [0.4, 0.5) is 0 Å². The van der Waals surface area contributed by atoms with Crippen molar-refractivity contribution in [2.75, 3.05) is 26.2 Å². The first-order valence-electron chi connectivity index (χ1n) is 8.28. The molecule has 118 valence electrons. The van der Waals surface area contributed by atoms with Gasteiger partial charge in [0.2, 0.25) is 5.91 Å². The lowest BCUT2D eigenvalue weighted by molar-refractivity contribution is -0.123. The molecule has 0 bridgehead atoms. The molecule has 0 aromatic carbocycles. The molecule has 2 atom stereocenters. The lowest BCUT2D eigenvalue weighted by Gasteiger charge is -2.39. The molecular weight excluding hydrogens is 250 g/mol. The van der Waals surface area contributed by atoms with Crippen molar-refractivity contribution in [1.29, 1.82) is 0 Å². The Morgan fingerprint density at radius 3 is 2.70 bits per heavy atom. The van der Waals surface area contributed by atoms with Gasteiger partial charge in [-0.2, -0.15) is 0 Å². The highest BCUT2D eigenvalue weighted by Crippen LogP contribution is 2.19. The summed E-state index contributed by atoms with van der Waals surface area (Å²) in [4.78, 5) is 14.4. The normalized spacial score (nSPS) is 21.9. The zero-order chi connectivity index (χ0) is 15.0. The van der Waals surface area contributed by atoms with Crippen molar-refractivity contribution < 1.29 is 4.79 Å². The van der Waals surface area contributed by atoms with E-state index in [1.807, 2.05) is 0 Å². The standard InChI is InChI=1S/C16H33N3O/c1-5-17-14(4)15-8-6-7-11-19(15)12-16(20)18-10-9-13(2)3/h13-15,17H,5-12H2,1-4H3,(H,18,20). The van der Waals surface area contributed by atoms with E-state index in [-0.39, 0.29) is 5.91 Å². The highest BCUT2D eigenvalue weighted by Gasteiger charge is 2.28. The van der Waals surface area contributed by atoms with Crippen LogP contribution in [-0.4, -0.2) is 49.1 Å². The topological polar surface area (TPSA) is 44.4 Å². The molecule has 0 aliphatic carbocycles. The minimum absolute atomic E-state index is 0.182. The number of likely N-dealkylation sites (N-methyl/N-ethyl adjacent to an activating group) is 1. The van der Waals surface area contributed by atoms with E-state index in [4.69, 9.17) is 0 Å². The van der Waals surface area contributed by atoms with Gasteiger partial charge in [-0.1, -0.05) is 27.2 Å². The van der Waals surface area contributed by atoms with Crippen LogP contribution < -0.4 is 10.6 Å². The highest BCUT2D eigenvalue weighted by molar-refractivity contribution is 5.78. The van der Waals surface area contributed by atoms with Crippen molar-refractivity contribution in [1.82, 2.24) is 15.5 Å². The van der Waals surface area contributed by atoms with Crippen LogP contribution in [0, 0.1) is 5.92 Å². The number of amides is 1. The van der Waals surface area contributed by atoms with E-state index in [2.05, 4.69) is 43.2 Å². The maximum atomic E-state index is 12.0. The molecule has 1 rings (SSSR count). The van der Waals surface area contributed by atoms with Gasteiger partial charge in [-0.15, -0.1) is 0 Å². The minimum Gasteiger partial charge on any atom is -0.355 e. The predicted octanol–water partition coefficient (Wildman–Crippen LogP) is 2.00. The summed E-state index contributed by atoms with van der Waals surface area (Å²) in [7, 11) is 0. The van der Waals surface area contributed by atoms with E-state index < -0.39 is 0 Å². The largest absolute Gasteiger partial charge is 0.355 e. The van der Waals surface area contributed by atoms with Gasteiger partial charge in [-0.25, -0.2) is 0 Å². The molecule has 2 unspecified atom stereocenters. The zero-order valence-electron chi connectivity index (χ0n) is 13.7. The Balaban J connectivity index is 2.39. The Hall–Kier alpha value is -0.610. The average Bonchev–Trinajstić information content (AvgIpc) is 2.39. The van der Waals surface area contributed by atoms with Crippen molar-refractivity contribution in [3.8, 4) is 0 Å². The van der Waals surface area contributed by atoms with Gasteiger partial charge in [0.05, 0.1) is 6.54 Å². The smallest absolute Gasteiger partial charge is 0.234 e. The fraction of sp³-hybridized carbons (Fsp3) is 0.938. The molecule has 1 amide bonds. The van der Waals surface area contributed by atoms with Crippen molar-refractivity contribution in [3.05, 3.63) is 0 Å². The van der Waals surface area contributed by atoms with Crippen LogP contribution in [0.3, 0.4) is 0 Å². The van der Waals surface area contributed by atoms with E-state index in [0.717, 1.165) is 26.1 Å². The Bertz CT molecular complexity index is 281. The lowest BCUT2D eigenvalue weighted by Crippen LogP contribution is -2.53. The summed E-state index contributed by atoms with van der Waals surface area (Å²) in [6.07, 6.45) is 4.76. The Morgan fingerprint density at radius 1 is 1.30 bits per heavy atom. The summed E-state index contributed by atoms with van der Waals surface area (Å²) in [5, 5.41) is 6.55. The van der Waals surface area contributed by atoms with Crippen molar-refractivity contribution in [2.24, 2.45) is 5.92 Å². The number of hydrogen-bond acceptors (Lipinski definition) is 3. The minimum atomic E-state index is 0.182. The highest BCUT2D eigenvalue weighted by atomic mass is 16.2. The molecule has 0 radical (unpaired) electrons. The third-order valence-corrected chi connectivity index (χ3v) is 4.16. The third-order valence-electron chi connectivity index (χ3n) is 4.16. The number of hydrogen-bond donors (Lipinski definition) is 2. The van der Waals surface area contributed by atoms with Crippen LogP contribution in [0.2, 0.25) is 0 Å². The van der Waals surface area contributed by atoms with Gasteiger partial charge >= 0.3 is 0 Å². The maximum absolute atomic E-state index is 12.0. The molecule has 4 heteroatoms. The van der Waals surface area contributed by atoms with Crippen LogP contribution in [-0.2, 0) is 4.79 Å². The number of likely N-dealkylation sites (tertiary alicyclic amines) is 1. The molecule has 0 saturated carbocycles. The quantitative estimate of drug-likeness (QED) is 0.716. The molecule has 1 aliphatic heterocycles.